The Morgan fingerprint density at radius 3 is 2.58 bits per heavy atom. The van der Waals surface area contributed by atoms with E-state index >= 15 is 0 Å². The van der Waals surface area contributed by atoms with Gasteiger partial charge in [0.25, 0.3) is 0 Å². The highest BCUT2D eigenvalue weighted by atomic mass is 15.2. The van der Waals surface area contributed by atoms with Gasteiger partial charge in [-0.05, 0) is 58.0 Å². The van der Waals surface area contributed by atoms with Crippen molar-refractivity contribution in [2.24, 2.45) is 11.8 Å². The lowest BCUT2D eigenvalue weighted by Gasteiger charge is -2.35. The van der Waals surface area contributed by atoms with Crippen molar-refractivity contribution in [2.75, 3.05) is 26.2 Å². The first-order chi connectivity index (χ1) is 9.17. The van der Waals surface area contributed by atoms with E-state index < -0.39 is 0 Å². The third-order valence-electron chi connectivity index (χ3n) is 4.66. The summed E-state index contributed by atoms with van der Waals surface area (Å²) in [5.74, 6) is 1.78. The molecule has 1 rings (SSSR count). The standard InChI is InChI=1S/C17H36N2/c1-5-7-9-16(6-2)13-19(15(3)4)14-17-10-8-11-18-12-17/h15-18H,5-14H2,1-4H3. The van der Waals surface area contributed by atoms with Crippen LogP contribution in [0.3, 0.4) is 0 Å². The smallest absolute Gasteiger partial charge is 0.00388 e. The Morgan fingerprint density at radius 2 is 2.05 bits per heavy atom. The average molecular weight is 268 g/mol. The molecule has 2 nitrogen and oxygen atoms in total. The van der Waals surface area contributed by atoms with E-state index in [1.165, 1.54) is 64.7 Å². The van der Waals surface area contributed by atoms with E-state index in [4.69, 9.17) is 0 Å². The molecule has 0 aromatic heterocycles. The van der Waals surface area contributed by atoms with Crippen LogP contribution in [0.1, 0.15) is 66.2 Å². The van der Waals surface area contributed by atoms with Gasteiger partial charge in [0.05, 0.1) is 0 Å². The molecule has 2 heteroatoms. The van der Waals surface area contributed by atoms with Crippen molar-refractivity contribution in [3.05, 3.63) is 0 Å². The summed E-state index contributed by atoms with van der Waals surface area (Å²) in [5.41, 5.74) is 0. The second kappa shape index (κ2) is 9.77. The topological polar surface area (TPSA) is 15.3 Å². The van der Waals surface area contributed by atoms with Crippen LogP contribution in [-0.2, 0) is 0 Å². The zero-order valence-electron chi connectivity index (χ0n) is 13.8. The largest absolute Gasteiger partial charge is 0.316 e. The van der Waals surface area contributed by atoms with E-state index in [1.54, 1.807) is 0 Å². The van der Waals surface area contributed by atoms with Crippen LogP contribution in [0, 0.1) is 11.8 Å². The molecule has 0 radical (unpaired) electrons. The van der Waals surface area contributed by atoms with E-state index in [0.29, 0.717) is 6.04 Å². The van der Waals surface area contributed by atoms with Crippen molar-refractivity contribution in [3.8, 4) is 0 Å². The number of piperidine rings is 1. The number of hydrogen-bond acceptors (Lipinski definition) is 2. The van der Waals surface area contributed by atoms with Gasteiger partial charge in [-0.25, -0.2) is 0 Å². The molecule has 2 atom stereocenters. The van der Waals surface area contributed by atoms with Gasteiger partial charge in [-0.1, -0.05) is 33.1 Å². The highest BCUT2D eigenvalue weighted by Gasteiger charge is 2.21. The highest BCUT2D eigenvalue weighted by molar-refractivity contribution is 4.76. The molecule has 114 valence electrons. The van der Waals surface area contributed by atoms with Gasteiger partial charge in [-0.3, -0.25) is 0 Å². The predicted molar refractivity (Wildman–Crippen MR) is 85.6 cm³/mol. The summed E-state index contributed by atoms with van der Waals surface area (Å²) in [7, 11) is 0. The maximum absolute atomic E-state index is 3.55. The summed E-state index contributed by atoms with van der Waals surface area (Å²) >= 11 is 0. The summed E-state index contributed by atoms with van der Waals surface area (Å²) < 4.78 is 0. The zero-order chi connectivity index (χ0) is 14.1. The minimum Gasteiger partial charge on any atom is -0.316 e. The second-order valence-electron chi connectivity index (χ2n) is 6.68. The first-order valence-corrected chi connectivity index (χ1v) is 8.62. The van der Waals surface area contributed by atoms with E-state index in [-0.39, 0.29) is 0 Å². The molecular weight excluding hydrogens is 232 g/mol. The van der Waals surface area contributed by atoms with Crippen LogP contribution in [0.4, 0.5) is 0 Å². The molecule has 1 aliphatic rings. The molecule has 0 spiro atoms. The van der Waals surface area contributed by atoms with Crippen molar-refractivity contribution in [2.45, 2.75) is 72.3 Å². The van der Waals surface area contributed by atoms with Gasteiger partial charge in [0.15, 0.2) is 0 Å². The molecule has 0 saturated carbocycles. The van der Waals surface area contributed by atoms with Crippen LogP contribution >= 0.6 is 0 Å². The summed E-state index contributed by atoms with van der Waals surface area (Å²) in [4.78, 5) is 2.74. The van der Waals surface area contributed by atoms with Crippen LogP contribution in [-0.4, -0.2) is 37.1 Å². The minimum atomic E-state index is 0.692. The molecule has 1 heterocycles. The average Bonchev–Trinajstić information content (AvgIpc) is 2.43. The van der Waals surface area contributed by atoms with E-state index in [1.807, 2.05) is 0 Å². The van der Waals surface area contributed by atoms with Crippen molar-refractivity contribution in [1.29, 1.82) is 0 Å². The maximum Gasteiger partial charge on any atom is 0.00388 e. The molecular formula is C17H36N2. The monoisotopic (exact) mass is 268 g/mol. The Hall–Kier alpha value is -0.0800. The minimum absolute atomic E-state index is 0.692. The Morgan fingerprint density at radius 1 is 1.26 bits per heavy atom. The Kier molecular flexibility index (Phi) is 8.72. The van der Waals surface area contributed by atoms with E-state index in [9.17, 15) is 0 Å². The summed E-state index contributed by atoms with van der Waals surface area (Å²) in [6, 6.07) is 0.692. The fraction of sp³-hybridized carbons (Fsp3) is 1.00. The molecule has 0 bridgehead atoms. The number of rotatable bonds is 9. The fourth-order valence-electron chi connectivity index (χ4n) is 3.16. The second-order valence-corrected chi connectivity index (χ2v) is 6.68. The quantitative estimate of drug-likeness (QED) is 0.682. The molecule has 0 aliphatic carbocycles. The molecule has 1 saturated heterocycles. The molecule has 0 amide bonds. The molecule has 1 fully saturated rings. The first-order valence-electron chi connectivity index (χ1n) is 8.62. The SMILES string of the molecule is CCCCC(CC)CN(CC1CCCNC1)C(C)C. The number of nitrogens with one attached hydrogen (secondary N) is 1. The lowest BCUT2D eigenvalue weighted by molar-refractivity contribution is 0.142. The van der Waals surface area contributed by atoms with E-state index in [2.05, 4.69) is 37.9 Å². The van der Waals surface area contributed by atoms with Gasteiger partial charge in [-0.15, -0.1) is 0 Å². The Balaban J connectivity index is 2.41. The summed E-state index contributed by atoms with van der Waals surface area (Å²) in [6.45, 7) is 14.5. The zero-order valence-corrected chi connectivity index (χ0v) is 13.8. The van der Waals surface area contributed by atoms with Crippen LogP contribution in [0.25, 0.3) is 0 Å². The van der Waals surface area contributed by atoms with E-state index in [0.717, 1.165) is 11.8 Å². The van der Waals surface area contributed by atoms with Gasteiger partial charge < -0.3 is 10.2 Å². The number of hydrogen-bond donors (Lipinski definition) is 1. The van der Waals surface area contributed by atoms with Crippen molar-refractivity contribution >= 4 is 0 Å². The molecule has 1 aliphatic heterocycles. The van der Waals surface area contributed by atoms with Crippen LogP contribution in [0.5, 0.6) is 0 Å². The lowest BCUT2D eigenvalue weighted by Crippen LogP contribution is -2.43. The predicted octanol–water partition coefficient (Wildman–Crippen LogP) is 3.91. The van der Waals surface area contributed by atoms with Crippen molar-refractivity contribution in [1.82, 2.24) is 10.2 Å². The van der Waals surface area contributed by atoms with Crippen molar-refractivity contribution in [3.63, 3.8) is 0 Å². The molecule has 0 aromatic rings. The number of unbranched alkanes of at least 4 members (excludes halogenated alkanes) is 1. The number of nitrogens with zero attached hydrogens (tertiary/aromatic N) is 1. The highest BCUT2D eigenvalue weighted by Crippen LogP contribution is 2.19. The van der Waals surface area contributed by atoms with Crippen molar-refractivity contribution < 1.29 is 0 Å². The molecule has 0 aromatic carbocycles. The third kappa shape index (κ3) is 6.76. The molecule has 19 heavy (non-hydrogen) atoms. The lowest BCUT2D eigenvalue weighted by atomic mass is 9.95. The summed E-state index contributed by atoms with van der Waals surface area (Å²) in [6.07, 6.45) is 8.27. The normalized spacial score (nSPS) is 22.1. The van der Waals surface area contributed by atoms with Crippen LogP contribution in [0.15, 0.2) is 0 Å². The Labute approximate surface area is 121 Å². The third-order valence-corrected chi connectivity index (χ3v) is 4.66. The Bertz CT molecular complexity index is 209. The fourth-order valence-corrected chi connectivity index (χ4v) is 3.16. The first kappa shape index (κ1) is 17.0. The van der Waals surface area contributed by atoms with Crippen LogP contribution < -0.4 is 5.32 Å². The van der Waals surface area contributed by atoms with Gasteiger partial charge >= 0.3 is 0 Å². The van der Waals surface area contributed by atoms with Gasteiger partial charge in [0.1, 0.15) is 0 Å². The van der Waals surface area contributed by atoms with Gasteiger partial charge in [0, 0.05) is 19.1 Å². The van der Waals surface area contributed by atoms with Gasteiger partial charge in [-0.2, -0.15) is 0 Å². The molecule has 2 unspecified atom stereocenters. The van der Waals surface area contributed by atoms with Gasteiger partial charge in [0.2, 0.25) is 0 Å². The summed E-state index contributed by atoms with van der Waals surface area (Å²) in [5, 5.41) is 3.55. The molecule has 1 N–H and O–H groups in total. The van der Waals surface area contributed by atoms with Crippen LogP contribution in [0.2, 0.25) is 0 Å². The maximum atomic E-state index is 3.55.